The fourth-order valence-electron chi connectivity index (χ4n) is 7.09. The molecule has 1 aromatic rings. The summed E-state index contributed by atoms with van der Waals surface area (Å²) in [5, 5.41) is 0. The topological polar surface area (TPSA) is 6.48 Å². The molecule has 0 saturated carbocycles. The predicted molar refractivity (Wildman–Crippen MR) is 198 cm³/mol. The van der Waals surface area contributed by atoms with Crippen molar-refractivity contribution in [3.05, 3.63) is 42.7 Å². The van der Waals surface area contributed by atoms with Gasteiger partial charge in [-0.25, -0.2) is 0 Å². The van der Waals surface area contributed by atoms with Crippen LogP contribution in [0.25, 0.3) is 0 Å². The van der Waals surface area contributed by atoms with Crippen molar-refractivity contribution in [1.29, 1.82) is 0 Å². The molecule has 1 aliphatic heterocycles. The van der Waals surface area contributed by atoms with Crippen molar-refractivity contribution in [1.82, 2.24) is 4.90 Å². The first-order valence-corrected chi connectivity index (χ1v) is 20.1. The Balaban J connectivity index is 1.50. The molecule has 0 aliphatic carbocycles. The van der Waals surface area contributed by atoms with Crippen molar-refractivity contribution in [3.63, 3.8) is 0 Å². The Labute approximate surface area is 276 Å². The molecule has 0 N–H and O–H groups in total. The number of hydrogen-bond acceptors (Lipinski definition) is 2. The van der Waals surface area contributed by atoms with Crippen LogP contribution in [0.15, 0.2) is 42.7 Å². The molecule has 1 heterocycles. The van der Waals surface area contributed by atoms with Crippen molar-refractivity contribution < 1.29 is 0 Å². The fourth-order valence-corrected chi connectivity index (χ4v) is 7.09. The van der Waals surface area contributed by atoms with Gasteiger partial charge in [-0.05, 0) is 31.4 Å². The SMILES string of the molecule is CCCCCCCCCCCCCCCCCCN1C=CN(c2ccccc2)C1CCCCCCCCCCCCCCC. The first kappa shape index (κ1) is 38.7. The average molecular weight is 609 g/mol. The van der Waals surface area contributed by atoms with Gasteiger partial charge in [0.25, 0.3) is 0 Å². The van der Waals surface area contributed by atoms with Gasteiger partial charge in [0.05, 0.1) is 0 Å². The number of hydrogen-bond donors (Lipinski definition) is 0. The van der Waals surface area contributed by atoms with Gasteiger partial charge in [-0.15, -0.1) is 0 Å². The molecule has 0 amide bonds. The molecule has 0 fully saturated rings. The molecule has 0 bridgehead atoms. The lowest BCUT2D eigenvalue weighted by Crippen LogP contribution is -2.39. The highest BCUT2D eigenvalue weighted by atomic mass is 15.4. The zero-order valence-corrected chi connectivity index (χ0v) is 29.9. The quantitative estimate of drug-likeness (QED) is 0.0751. The third kappa shape index (κ3) is 19.8. The van der Waals surface area contributed by atoms with E-state index in [-0.39, 0.29) is 0 Å². The summed E-state index contributed by atoms with van der Waals surface area (Å²) in [6, 6.07) is 11.1. The van der Waals surface area contributed by atoms with E-state index in [2.05, 4.69) is 66.4 Å². The average Bonchev–Trinajstić information content (AvgIpc) is 3.45. The second-order valence-electron chi connectivity index (χ2n) is 14.1. The molecular formula is C42H76N2. The zero-order valence-electron chi connectivity index (χ0n) is 29.9. The Kier molecular flexibility index (Phi) is 25.5. The minimum absolute atomic E-state index is 0.501. The Morgan fingerprint density at radius 2 is 0.773 bits per heavy atom. The normalized spacial score (nSPS) is 14.7. The van der Waals surface area contributed by atoms with Gasteiger partial charge >= 0.3 is 0 Å². The van der Waals surface area contributed by atoms with Crippen LogP contribution in [-0.4, -0.2) is 17.6 Å². The first-order valence-electron chi connectivity index (χ1n) is 20.1. The van der Waals surface area contributed by atoms with E-state index in [1.165, 1.54) is 205 Å². The lowest BCUT2D eigenvalue weighted by Gasteiger charge is -2.33. The summed E-state index contributed by atoms with van der Waals surface area (Å²) >= 11 is 0. The molecule has 1 aliphatic rings. The maximum atomic E-state index is 2.65. The van der Waals surface area contributed by atoms with Gasteiger partial charge in [-0.3, -0.25) is 0 Å². The molecule has 0 radical (unpaired) electrons. The van der Waals surface area contributed by atoms with E-state index in [9.17, 15) is 0 Å². The highest BCUT2D eigenvalue weighted by molar-refractivity contribution is 5.51. The standard InChI is InChI=1S/C42H76N2/c1-3-5-7-9-11-13-15-17-18-19-21-23-25-27-29-34-38-43-39-40-44(41-35-31-30-32-36-41)42(43)37-33-28-26-24-22-20-16-14-12-10-8-6-4-2/h30-32,35-36,39-40,42H,3-29,33-34,37-38H2,1-2H3. The lowest BCUT2D eigenvalue weighted by molar-refractivity contribution is 0.273. The molecule has 2 nitrogen and oxygen atoms in total. The van der Waals surface area contributed by atoms with Crippen LogP contribution in [0, 0.1) is 0 Å². The second-order valence-corrected chi connectivity index (χ2v) is 14.1. The number of nitrogens with zero attached hydrogens (tertiary/aromatic N) is 2. The Morgan fingerprint density at radius 3 is 1.18 bits per heavy atom. The van der Waals surface area contributed by atoms with E-state index < -0.39 is 0 Å². The maximum Gasteiger partial charge on any atom is 0.105 e. The Bertz CT molecular complexity index is 743. The molecule has 1 unspecified atom stereocenters. The number of rotatable bonds is 32. The van der Waals surface area contributed by atoms with Crippen LogP contribution in [0.3, 0.4) is 0 Å². The molecule has 2 rings (SSSR count). The summed E-state index contributed by atoms with van der Waals surface area (Å²) in [5.74, 6) is 0. The van der Waals surface area contributed by atoms with Crippen LogP contribution in [0.2, 0.25) is 0 Å². The summed E-state index contributed by atoms with van der Waals surface area (Å²) in [7, 11) is 0. The first-order chi connectivity index (χ1) is 21.9. The van der Waals surface area contributed by atoms with Crippen molar-refractivity contribution in [3.8, 4) is 0 Å². The van der Waals surface area contributed by atoms with Gasteiger partial charge in [-0.2, -0.15) is 0 Å². The minimum Gasteiger partial charge on any atom is -0.356 e. The molecule has 0 aromatic heterocycles. The molecular weight excluding hydrogens is 532 g/mol. The van der Waals surface area contributed by atoms with E-state index in [0.29, 0.717) is 6.17 Å². The lowest BCUT2D eigenvalue weighted by atomic mass is 10.0. The van der Waals surface area contributed by atoms with E-state index in [4.69, 9.17) is 0 Å². The highest BCUT2D eigenvalue weighted by Gasteiger charge is 2.26. The summed E-state index contributed by atoms with van der Waals surface area (Å²) in [6.07, 6.45) is 48.1. The third-order valence-corrected chi connectivity index (χ3v) is 10.0. The van der Waals surface area contributed by atoms with Gasteiger partial charge in [0, 0.05) is 24.6 Å². The van der Waals surface area contributed by atoms with Gasteiger partial charge < -0.3 is 9.80 Å². The molecule has 0 saturated heterocycles. The number of anilines is 1. The maximum absolute atomic E-state index is 2.65. The number of benzene rings is 1. The van der Waals surface area contributed by atoms with E-state index in [1.54, 1.807) is 0 Å². The largest absolute Gasteiger partial charge is 0.356 e. The van der Waals surface area contributed by atoms with Crippen LogP contribution in [0.5, 0.6) is 0 Å². The Hall–Kier alpha value is -1.44. The summed E-state index contributed by atoms with van der Waals surface area (Å²) in [6.45, 7) is 5.83. The van der Waals surface area contributed by atoms with E-state index in [0.717, 1.165) is 0 Å². The van der Waals surface area contributed by atoms with Gasteiger partial charge in [-0.1, -0.05) is 205 Å². The van der Waals surface area contributed by atoms with E-state index >= 15 is 0 Å². The molecule has 2 heteroatoms. The minimum atomic E-state index is 0.501. The molecule has 1 aromatic carbocycles. The van der Waals surface area contributed by atoms with Crippen molar-refractivity contribution in [2.24, 2.45) is 0 Å². The predicted octanol–water partition coefficient (Wildman–Crippen LogP) is 14.3. The second kappa shape index (κ2) is 29.0. The van der Waals surface area contributed by atoms with Crippen LogP contribution in [-0.2, 0) is 0 Å². The van der Waals surface area contributed by atoms with Gasteiger partial charge in [0.1, 0.15) is 6.17 Å². The molecule has 44 heavy (non-hydrogen) atoms. The van der Waals surface area contributed by atoms with Crippen LogP contribution in [0.4, 0.5) is 5.69 Å². The van der Waals surface area contributed by atoms with Crippen LogP contribution < -0.4 is 4.90 Å². The van der Waals surface area contributed by atoms with Crippen molar-refractivity contribution >= 4 is 5.69 Å². The smallest absolute Gasteiger partial charge is 0.105 e. The molecule has 1 atom stereocenters. The van der Waals surface area contributed by atoms with Crippen LogP contribution in [0.1, 0.15) is 206 Å². The van der Waals surface area contributed by atoms with Crippen LogP contribution >= 0.6 is 0 Å². The summed E-state index contributed by atoms with van der Waals surface area (Å²) in [5.41, 5.74) is 1.35. The van der Waals surface area contributed by atoms with Gasteiger partial charge in [0.2, 0.25) is 0 Å². The van der Waals surface area contributed by atoms with E-state index in [1.807, 2.05) is 0 Å². The molecule has 254 valence electrons. The summed E-state index contributed by atoms with van der Waals surface area (Å²) in [4.78, 5) is 5.18. The Morgan fingerprint density at radius 1 is 0.409 bits per heavy atom. The van der Waals surface area contributed by atoms with Crippen molar-refractivity contribution in [2.45, 2.75) is 213 Å². The monoisotopic (exact) mass is 609 g/mol. The fraction of sp³-hybridized carbons (Fsp3) is 0.810. The summed E-state index contributed by atoms with van der Waals surface area (Å²) < 4.78 is 0. The highest BCUT2D eigenvalue weighted by Crippen LogP contribution is 2.28. The number of para-hydroxylation sites is 1. The molecule has 0 spiro atoms. The zero-order chi connectivity index (χ0) is 31.2. The van der Waals surface area contributed by atoms with Crippen molar-refractivity contribution in [2.75, 3.05) is 11.4 Å². The number of unbranched alkanes of at least 4 members (excludes halogenated alkanes) is 27. The van der Waals surface area contributed by atoms with Gasteiger partial charge in [0.15, 0.2) is 0 Å². The third-order valence-electron chi connectivity index (χ3n) is 10.0.